The molecule has 0 bridgehead atoms. The smallest absolute Gasteiger partial charge is 0.322 e. The molecule has 0 saturated carbocycles. The number of imide groups is 1. The van der Waals surface area contributed by atoms with Crippen LogP contribution in [0, 0.1) is 23.2 Å². The second-order valence-corrected chi connectivity index (χ2v) is 4.93. The Bertz CT molecular complexity index is 886. The molecule has 3 amide bonds. The SMILES string of the molecule is N#Cc1ccc(C2NC(=O)NC2=O)c(C#Cc2ccccc2)c1. The fourth-order valence-electron chi connectivity index (χ4n) is 2.28. The first-order chi connectivity index (χ1) is 11.2. The fraction of sp³-hybridized carbons (Fsp3) is 0.0556. The normalized spacial score (nSPS) is 15.9. The number of carbonyl (C=O) groups is 2. The summed E-state index contributed by atoms with van der Waals surface area (Å²) in [6, 6.07) is 14.9. The number of rotatable bonds is 1. The van der Waals surface area contributed by atoms with Gasteiger partial charge in [-0.05, 0) is 29.8 Å². The molecule has 23 heavy (non-hydrogen) atoms. The average molecular weight is 301 g/mol. The minimum absolute atomic E-state index is 0.428. The molecule has 1 saturated heterocycles. The summed E-state index contributed by atoms with van der Waals surface area (Å²) in [6.07, 6.45) is 0. The molecule has 1 fully saturated rings. The Labute approximate surface area is 132 Å². The van der Waals surface area contributed by atoms with Crippen molar-refractivity contribution in [3.8, 4) is 17.9 Å². The second-order valence-electron chi connectivity index (χ2n) is 4.93. The molecule has 1 aliphatic heterocycles. The van der Waals surface area contributed by atoms with Gasteiger partial charge in [-0.3, -0.25) is 10.1 Å². The molecule has 3 rings (SSSR count). The summed E-state index contributed by atoms with van der Waals surface area (Å²) < 4.78 is 0. The van der Waals surface area contributed by atoms with E-state index in [0.717, 1.165) is 5.56 Å². The van der Waals surface area contributed by atoms with Crippen molar-refractivity contribution in [2.45, 2.75) is 6.04 Å². The van der Waals surface area contributed by atoms with Crippen LogP contribution in [0.15, 0.2) is 48.5 Å². The van der Waals surface area contributed by atoms with Crippen LogP contribution < -0.4 is 10.6 Å². The summed E-state index contributed by atoms with van der Waals surface area (Å²) in [5.41, 5.74) is 2.36. The van der Waals surface area contributed by atoms with Crippen molar-refractivity contribution in [3.63, 3.8) is 0 Å². The molecule has 2 aromatic carbocycles. The Morgan fingerprint density at radius 3 is 2.39 bits per heavy atom. The summed E-state index contributed by atoms with van der Waals surface area (Å²) >= 11 is 0. The molecule has 2 N–H and O–H groups in total. The molecule has 1 atom stereocenters. The third-order valence-electron chi connectivity index (χ3n) is 3.38. The van der Waals surface area contributed by atoms with E-state index < -0.39 is 18.0 Å². The van der Waals surface area contributed by atoms with Crippen molar-refractivity contribution in [3.05, 3.63) is 70.8 Å². The molecular weight excluding hydrogens is 290 g/mol. The van der Waals surface area contributed by atoms with Crippen molar-refractivity contribution in [1.82, 2.24) is 10.6 Å². The highest BCUT2D eigenvalue weighted by molar-refractivity contribution is 6.04. The van der Waals surface area contributed by atoms with Gasteiger partial charge in [0.2, 0.25) is 0 Å². The van der Waals surface area contributed by atoms with Gasteiger partial charge in [-0.2, -0.15) is 5.26 Å². The zero-order valence-corrected chi connectivity index (χ0v) is 12.0. The van der Waals surface area contributed by atoms with E-state index in [9.17, 15) is 9.59 Å². The van der Waals surface area contributed by atoms with Gasteiger partial charge in [-0.15, -0.1) is 0 Å². The molecule has 5 nitrogen and oxygen atoms in total. The highest BCUT2D eigenvalue weighted by Crippen LogP contribution is 2.22. The third-order valence-corrected chi connectivity index (χ3v) is 3.38. The van der Waals surface area contributed by atoms with Gasteiger partial charge in [0.15, 0.2) is 0 Å². The number of amides is 3. The predicted molar refractivity (Wildman–Crippen MR) is 83.0 cm³/mol. The van der Waals surface area contributed by atoms with Gasteiger partial charge >= 0.3 is 6.03 Å². The molecule has 0 radical (unpaired) electrons. The van der Waals surface area contributed by atoms with Crippen molar-refractivity contribution in [2.75, 3.05) is 0 Å². The van der Waals surface area contributed by atoms with Gasteiger partial charge in [0.25, 0.3) is 5.91 Å². The molecule has 1 aliphatic rings. The Morgan fingerprint density at radius 1 is 0.957 bits per heavy atom. The number of hydrogen-bond acceptors (Lipinski definition) is 3. The van der Waals surface area contributed by atoms with Gasteiger partial charge in [-0.1, -0.05) is 36.1 Å². The Balaban J connectivity index is 2.04. The van der Waals surface area contributed by atoms with Crippen molar-refractivity contribution < 1.29 is 9.59 Å². The van der Waals surface area contributed by atoms with Gasteiger partial charge < -0.3 is 5.32 Å². The number of benzene rings is 2. The van der Waals surface area contributed by atoms with Crippen molar-refractivity contribution >= 4 is 11.9 Å². The van der Waals surface area contributed by atoms with Crippen LogP contribution in [0.2, 0.25) is 0 Å². The molecule has 2 aromatic rings. The molecule has 5 heteroatoms. The van der Waals surface area contributed by atoms with Crippen LogP contribution in [-0.4, -0.2) is 11.9 Å². The number of hydrogen-bond donors (Lipinski definition) is 2. The summed E-state index contributed by atoms with van der Waals surface area (Å²) in [5.74, 6) is 5.55. The topological polar surface area (TPSA) is 82.0 Å². The highest BCUT2D eigenvalue weighted by Gasteiger charge is 2.32. The van der Waals surface area contributed by atoms with Crippen LogP contribution in [0.5, 0.6) is 0 Å². The van der Waals surface area contributed by atoms with E-state index in [4.69, 9.17) is 5.26 Å². The third kappa shape index (κ3) is 3.04. The number of nitrogens with zero attached hydrogens (tertiary/aromatic N) is 1. The summed E-state index contributed by atoms with van der Waals surface area (Å²) in [7, 11) is 0. The number of nitriles is 1. The van der Waals surface area contributed by atoms with Crippen LogP contribution in [0.4, 0.5) is 4.79 Å². The molecule has 0 spiro atoms. The lowest BCUT2D eigenvalue weighted by molar-refractivity contribution is -0.120. The Morgan fingerprint density at radius 2 is 1.74 bits per heavy atom. The van der Waals surface area contributed by atoms with E-state index in [0.29, 0.717) is 16.7 Å². The lowest BCUT2D eigenvalue weighted by atomic mass is 9.98. The van der Waals surface area contributed by atoms with E-state index in [1.807, 2.05) is 36.4 Å². The monoisotopic (exact) mass is 301 g/mol. The standard InChI is InChI=1S/C18H11N3O2/c19-11-13-7-9-15(16-17(22)21-18(23)20-16)14(10-13)8-6-12-4-2-1-3-5-12/h1-5,7,9-10,16H,(H2,20,21,22,23). The van der Waals surface area contributed by atoms with Gasteiger partial charge in [-0.25, -0.2) is 4.79 Å². The van der Waals surface area contributed by atoms with Crippen molar-refractivity contribution in [2.24, 2.45) is 0 Å². The fourth-order valence-corrected chi connectivity index (χ4v) is 2.28. The number of urea groups is 1. The van der Waals surface area contributed by atoms with Crippen LogP contribution >= 0.6 is 0 Å². The quantitative estimate of drug-likeness (QED) is 0.623. The molecule has 1 heterocycles. The minimum Gasteiger partial charge on any atom is -0.322 e. The maximum absolute atomic E-state index is 11.9. The Kier molecular flexibility index (Phi) is 3.78. The molecule has 0 aromatic heterocycles. The zero-order valence-electron chi connectivity index (χ0n) is 12.0. The van der Waals surface area contributed by atoms with Crippen LogP contribution in [0.1, 0.15) is 28.3 Å². The maximum Gasteiger partial charge on any atom is 0.322 e. The molecule has 0 aliphatic carbocycles. The number of nitrogens with one attached hydrogen (secondary N) is 2. The largest absolute Gasteiger partial charge is 0.322 e. The first-order valence-electron chi connectivity index (χ1n) is 6.90. The maximum atomic E-state index is 11.9. The minimum atomic E-state index is -0.796. The Hall–Kier alpha value is -3.57. The van der Waals surface area contributed by atoms with Gasteiger partial charge in [0.05, 0.1) is 11.6 Å². The van der Waals surface area contributed by atoms with Gasteiger partial charge in [0, 0.05) is 11.1 Å². The average Bonchev–Trinajstić information content (AvgIpc) is 2.92. The summed E-state index contributed by atoms with van der Waals surface area (Å²) in [6.45, 7) is 0. The van der Waals surface area contributed by atoms with E-state index >= 15 is 0 Å². The first-order valence-corrected chi connectivity index (χ1v) is 6.90. The number of carbonyl (C=O) groups excluding carboxylic acids is 2. The van der Waals surface area contributed by atoms with E-state index in [1.165, 1.54) is 0 Å². The van der Waals surface area contributed by atoms with E-state index in [-0.39, 0.29) is 0 Å². The molecule has 1 unspecified atom stereocenters. The predicted octanol–water partition coefficient (Wildman–Crippen LogP) is 1.84. The van der Waals surface area contributed by atoms with E-state index in [2.05, 4.69) is 22.5 Å². The first kappa shape index (κ1) is 14.4. The zero-order chi connectivity index (χ0) is 16.2. The van der Waals surface area contributed by atoms with Crippen molar-refractivity contribution in [1.29, 1.82) is 5.26 Å². The lowest BCUT2D eigenvalue weighted by Gasteiger charge is -2.10. The van der Waals surface area contributed by atoms with E-state index in [1.54, 1.807) is 18.2 Å². The van der Waals surface area contributed by atoms with Crippen LogP contribution in [-0.2, 0) is 4.79 Å². The lowest BCUT2D eigenvalue weighted by Crippen LogP contribution is -2.22. The second kappa shape index (κ2) is 6.05. The highest BCUT2D eigenvalue weighted by atomic mass is 16.2. The van der Waals surface area contributed by atoms with Crippen LogP contribution in [0.3, 0.4) is 0 Å². The summed E-state index contributed by atoms with van der Waals surface area (Å²) in [5, 5.41) is 13.8. The van der Waals surface area contributed by atoms with Gasteiger partial charge in [0.1, 0.15) is 6.04 Å². The van der Waals surface area contributed by atoms with Crippen LogP contribution in [0.25, 0.3) is 0 Å². The summed E-state index contributed by atoms with van der Waals surface area (Å²) in [4.78, 5) is 23.2. The molecular formula is C18H11N3O2. The molecule has 110 valence electrons.